The predicted molar refractivity (Wildman–Crippen MR) is 38.0 cm³/mol. The maximum Gasteiger partial charge on any atom is 0.160 e. The van der Waals surface area contributed by atoms with Crippen LogP contribution in [0.3, 0.4) is 0 Å². The molecule has 0 radical (unpaired) electrons. The van der Waals surface area contributed by atoms with Crippen molar-refractivity contribution < 1.29 is 19.7 Å². The third-order valence-electron chi connectivity index (χ3n) is 1.94. The van der Waals surface area contributed by atoms with Gasteiger partial charge in [0, 0.05) is 13.5 Å². The van der Waals surface area contributed by atoms with Crippen molar-refractivity contribution in [3.05, 3.63) is 0 Å². The van der Waals surface area contributed by atoms with Gasteiger partial charge < -0.3 is 19.7 Å². The summed E-state index contributed by atoms with van der Waals surface area (Å²) in [5.74, 6) is 0. The van der Waals surface area contributed by atoms with Crippen LogP contribution >= 0.6 is 0 Å². The molecule has 1 aliphatic heterocycles. The van der Waals surface area contributed by atoms with Gasteiger partial charge in [0.1, 0.15) is 6.10 Å². The Balaban J connectivity index is 2.47. The van der Waals surface area contributed by atoms with E-state index in [0.29, 0.717) is 6.42 Å². The highest BCUT2D eigenvalue weighted by molar-refractivity contribution is 4.79. The first-order valence-corrected chi connectivity index (χ1v) is 3.69. The van der Waals surface area contributed by atoms with Crippen molar-refractivity contribution in [2.45, 2.75) is 37.9 Å². The second-order valence-electron chi connectivity index (χ2n) is 2.80. The molecule has 1 aliphatic rings. The normalized spacial score (nSPS) is 45.8. The SMILES string of the molecule is CO[C@H]1C[C@@H](O)[C@H](O)[C@H](C)O1. The van der Waals surface area contributed by atoms with E-state index in [0.717, 1.165) is 0 Å². The van der Waals surface area contributed by atoms with Gasteiger partial charge in [-0.2, -0.15) is 0 Å². The van der Waals surface area contributed by atoms with Crippen LogP contribution in [-0.2, 0) is 9.47 Å². The largest absolute Gasteiger partial charge is 0.390 e. The summed E-state index contributed by atoms with van der Waals surface area (Å²) in [6.45, 7) is 1.71. The molecule has 0 aromatic rings. The summed E-state index contributed by atoms with van der Waals surface area (Å²) < 4.78 is 10.1. The van der Waals surface area contributed by atoms with Gasteiger partial charge >= 0.3 is 0 Å². The second kappa shape index (κ2) is 3.49. The molecule has 0 aliphatic carbocycles. The minimum atomic E-state index is -0.790. The summed E-state index contributed by atoms with van der Waals surface area (Å²) in [4.78, 5) is 0. The molecule has 0 bridgehead atoms. The molecule has 4 atom stereocenters. The van der Waals surface area contributed by atoms with Gasteiger partial charge in [-0.05, 0) is 6.92 Å². The standard InChI is InChI=1S/C7H14O4/c1-4-7(9)5(8)3-6(10-2)11-4/h4-9H,3H2,1-2H3/t4-,5+,6+,7+/m0/s1. The lowest BCUT2D eigenvalue weighted by atomic mass is 10.0. The van der Waals surface area contributed by atoms with Gasteiger partial charge in [0.2, 0.25) is 0 Å². The minimum Gasteiger partial charge on any atom is -0.390 e. The van der Waals surface area contributed by atoms with Crippen LogP contribution in [0.1, 0.15) is 13.3 Å². The van der Waals surface area contributed by atoms with E-state index in [-0.39, 0.29) is 12.4 Å². The van der Waals surface area contributed by atoms with Gasteiger partial charge in [0.15, 0.2) is 6.29 Å². The molecule has 2 N–H and O–H groups in total. The Labute approximate surface area is 65.7 Å². The summed E-state index contributed by atoms with van der Waals surface area (Å²) in [7, 11) is 1.52. The van der Waals surface area contributed by atoms with Crippen LogP contribution in [-0.4, -0.2) is 41.9 Å². The van der Waals surface area contributed by atoms with E-state index in [2.05, 4.69) is 0 Å². The molecule has 11 heavy (non-hydrogen) atoms. The first kappa shape index (κ1) is 8.93. The molecule has 4 nitrogen and oxygen atoms in total. The molecule has 66 valence electrons. The predicted octanol–water partition coefficient (Wildman–Crippen LogP) is -0.510. The van der Waals surface area contributed by atoms with Crippen molar-refractivity contribution in [2.75, 3.05) is 7.11 Å². The molecule has 1 fully saturated rings. The number of aliphatic hydroxyl groups excluding tert-OH is 2. The van der Waals surface area contributed by atoms with Gasteiger partial charge in [-0.1, -0.05) is 0 Å². The molecule has 0 aromatic carbocycles. The van der Waals surface area contributed by atoms with Crippen molar-refractivity contribution >= 4 is 0 Å². The molecule has 1 heterocycles. The lowest BCUT2D eigenvalue weighted by molar-refractivity contribution is -0.237. The van der Waals surface area contributed by atoms with Crippen molar-refractivity contribution in [3.63, 3.8) is 0 Å². The maximum absolute atomic E-state index is 9.24. The average Bonchev–Trinajstić information content (AvgIpc) is 1.99. The molecule has 4 heteroatoms. The molecule has 1 rings (SSSR count). The van der Waals surface area contributed by atoms with Crippen LogP contribution in [0.2, 0.25) is 0 Å². The zero-order valence-corrected chi connectivity index (χ0v) is 6.73. The summed E-state index contributed by atoms with van der Waals surface area (Å²) >= 11 is 0. The zero-order valence-electron chi connectivity index (χ0n) is 6.73. The highest BCUT2D eigenvalue weighted by atomic mass is 16.7. The Hall–Kier alpha value is -0.160. The van der Waals surface area contributed by atoms with Crippen LogP contribution in [0.5, 0.6) is 0 Å². The van der Waals surface area contributed by atoms with Crippen molar-refractivity contribution in [2.24, 2.45) is 0 Å². The highest BCUT2D eigenvalue weighted by Crippen LogP contribution is 2.19. The van der Waals surface area contributed by atoms with E-state index < -0.39 is 12.2 Å². The number of aliphatic hydroxyl groups is 2. The summed E-state index contributed by atoms with van der Waals surface area (Å²) in [5.41, 5.74) is 0. The first-order valence-electron chi connectivity index (χ1n) is 3.69. The summed E-state index contributed by atoms with van der Waals surface area (Å²) in [6.07, 6.45) is -1.93. The van der Waals surface area contributed by atoms with Crippen molar-refractivity contribution in [1.29, 1.82) is 0 Å². The molecule has 0 spiro atoms. The fraction of sp³-hybridized carbons (Fsp3) is 1.00. The topological polar surface area (TPSA) is 58.9 Å². The first-order chi connectivity index (χ1) is 5.15. The molecule has 1 saturated heterocycles. The Morgan fingerprint density at radius 2 is 2.09 bits per heavy atom. The van der Waals surface area contributed by atoms with Crippen molar-refractivity contribution in [3.8, 4) is 0 Å². The van der Waals surface area contributed by atoms with Gasteiger partial charge in [-0.15, -0.1) is 0 Å². The lowest BCUT2D eigenvalue weighted by Crippen LogP contribution is -2.47. The molecular weight excluding hydrogens is 148 g/mol. The van der Waals surface area contributed by atoms with Gasteiger partial charge in [0.05, 0.1) is 12.2 Å². The van der Waals surface area contributed by atoms with Crippen LogP contribution in [0.15, 0.2) is 0 Å². The third kappa shape index (κ3) is 1.90. The van der Waals surface area contributed by atoms with Crippen molar-refractivity contribution in [1.82, 2.24) is 0 Å². The Morgan fingerprint density at radius 1 is 1.45 bits per heavy atom. The Kier molecular flexibility index (Phi) is 2.84. The maximum atomic E-state index is 9.24. The molecule has 0 unspecified atom stereocenters. The average molecular weight is 162 g/mol. The lowest BCUT2D eigenvalue weighted by Gasteiger charge is -2.34. The summed E-state index contributed by atoms with van der Waals surface area (Å²) in [6, 6.07) is 0. The van der Waals surface area contributed by atoms with Gasteiger partial charge in [0.25, 0.3) is 0 Å². The van der Waals surface area contributed by atoms with E-state index in [1.807, 2.05) is 0 Å². The smallest absolute Gasteiger partial charge is 0.160 e. The van der Waals surface area contributed by atoms with E-state index in [1.165, 1.54) is 7.11 Å². The highest BCUT2D eigenvalue weighted by Gasteiger charge is 2.33. The van der Waals surface area contributed by atoms with E-state index in [4.69, 9.17) is 9.47 Å². The Morgan fingerprint density at radius 3 is 2.55 bits per heavy atom. The summed E-state index contributed by atoms with van der Waals surface area (Å²) in [5, 5.41) is 18.5. The molecule has 0 amide bonds. The van der Waals surface area contributed by atoms with Crippen LogP contribution < -0.4 is 0 Å². The Bertz CT molecular complexity index is 116. The fourth-order valence-corrected chi connectivity index (χ4v) is 1.18. The van der Waals surface area contributed by atoms with Gasteiger partial charge in [-0.25, -0.2) is 0 Å². The van der Waals surface area contributed by atoms with Gasteiger partial charge in [-0.3, -0.25) is 0 Å². The van der Waals surface area contributed by atoms with Crippen LogP contribution in [0, 0.1) is 0 Å². The fourth-order valence-electron chi connectivity index (χ4n) is 1.18. The zero-order chi connectivity index (χ0) is 8.43. The quantitative estimate of drug-likeness (QED) is 0.545. The second-order valence-corrected chi connectivity index (χ2v) is 2.80. The van der Waals surface area contributed by atoms with E-state index >= 15 is 0 Å². The number of hydrogen-bond acceptors (Lipinski definition) is 4. The van der Waals surface area contributed by atoms with E-state index in [1.54, 1.807) is 6.92 Å². The monoisotopic (exact) mass is 162 g/mol. The van der Waals surface area contributed by atoms with Crippen LogP contribution in [0.4, 0.5) is 0 Å². The number of hydrogen-bond donors (Lipinski definition) is 2. The van der Waals surface area contributed by atoms with Crippen LogP contribution in [0.25, 0.3) is 0 Å². The molecule has 0 aromatic heterocycles. The van der Waals surface area contributed by atoms with E-state index in [9.17, 15) is 10.2 Å². The third-order valence-corrected chi connectivity index (χ3v) is 1.94. The number of ether oxygens (including phenoxy) is 2. The number of rotatable bonds is 1. The number of methoxy groups -OCH3 is 1. The molecule has 0 saturated carbocycles. The minimum absolute atomic E-state index is 0.335. The molecular formula is C7H14O4.